The average molecular weight is 350 g/mol. The lowest BCUT2D eigenvalue weighted by atomic mass is 10.2. The monoisotopic (exact) mass is 350 g/mol. The van der Waals surface area contributed by atoms with Gasteiger partial charge in [-0.2, -0.15) is 0 Å². The maximum atomic E-state index is 11.7. The zero-order valence-electron chi connectivity index (χ0n) is 15.2. The van der Waals surface area contributed by atoms with E-state index in [1.54, 1.807) is 39.8 Å². The van der Waals surface area contributed by atoms with Gasteiger partial charge in [-0.25, -0.2) is 4.79 Å². The van der Waals surface area contributed by atoms with Gasteiger partial charge < -0.3 is 25.3 Å². The Morgan fingerprint density at radius 3 is 2.48 bits per heavy atom. The summed E-state index contributed by atoms with van der Waals surface area (Å²) in [5.74, 6) is 0.192. The topological polar surface area (TPSA) is 131 Å². The number of nitrogen functional groups attached to an aromatic ring is 1. The Labute approximate surface area is 147 Å². The number of benzene rings is 1. The van der Waals surface area contributed by atoms with E-state index in [0.717, 1.165) is 0 Å². The molecule has 0 bridgehead atoms. The lowest BCUT2D eigenvalue weighted by molar-refractivity contribution is 0.0494. The predicted molar refractivity (Wildman–Crippen MR) is 96.5 cm³/mol. The molecule has 1 aromatic carbocycles. The summed E-state index contributed by atoms with van der Waals surface area (Å²) >= 11 is 0. The van der Waals surface area contributed by atoms with Gasteiger partial charge in [0, 0.05) is 12.5 Å². The Morgan fingerprint density at radius 1 is 1.32 bits per heavy atom. The van der Waals surface area contributed by atoms with Crippen molar-refractivity contribution in [3.63, 3.8) is 0 Å². The van der Waals surface area contributed by atoms with Crippen molar-refractivity contribution < 1.29 is 19.0 Å². The summed E-state index contributed by atoms with van der Waals surface area (Å²) in [5, 5.41) is 17.6. The van der Waals surface area contributed by atoms with Crippen LogP contribution in [0.1, 0.15) is 40.2 Å². The molecule has 0 aliphatic carbocycles. The molecule has 5 N–H and O–H groups in total. The Kier molecular flexibility index (Phi) is 6.78. The molecule has 0 aliphatic heterocycles. The SMILES string of the molecule is CC(=N)OC(=N)c1ccc(OC[C@@H](C)NC(=O)OC(C)(C)C)c(N)c1. The predicted octanol–water partition coefficient (Wildman–Crippen LogP) is 2.90. The van der Waals surface area contributed by atoms with Gasteiger partial charge in [0.2, 0.25) is 5.90 Å². The summed E-state index contributed by atoms with van der Waals surface area (Å²) in [4.78, 5) is 11.7. The van der Waals surface area contributed by atoms with E-state index in [0.29, 0.717) is 17.0 Å². The highest BCUT2D eigenvalue weighted by Crippen LogP contribution is 2.23. The van der Waals surface area contributed by atoms with Crippen LogP contribution in [0.2, 0.25) is 0 Å². The lowest BCUT2D eigenvalue weighted by Crippen LogP contribution is -2.40. The molecule has 8 heteroatoms. The van der Waals surface area contributed by atoms with Crippen LogP contribution in [0.4, 0.5) is 10.5 Å². The first-order valence-corrected chi connectivity index (χ1v) is 7.81. The fourth-order valence-corrected chi connectivity index (χ4v) is 1.80. The quantitative estimate of drug-likeness (QED) is 0.368. The van der Waals surface area contributed by atoms with E-state index in [-0.39, 0.29) is 24.4 Å². The van der Waals surface area contributed by atoms with E-state index in [4.69, 9.17) is 30.8 Å². The van der Waals surface area contributed by atoms with E-state index < -0.39 is 11.7 Å². The first-order chi connectivity index (χ1) is 11.5. The second-order valence-corrected chi connectivity index (χ2v) is 6.60. The van der Waals surface area contributed by atoms with E-state index in [1.165, 1.54) is 13.0 Å². The molecule has 1 amide bonds. The van der Waals surface area contributed by atoms with Crippen molar-refractivity contribution in [2.75, 3.05) is 12.3 Å². The van der Waals surface area contributed by atoms with Crippen molar-refractivity contribution in [3.05, 3.63) is 23.8 Å². The summed E-state index contributed by atoms with van der Waals surface area (Å²) in [6.45, 7) is 8.79. The number of carbonyl (C=O) groups is 1. The molecule has 138 valence electrons. The van der Waals surface area contributed by atoms with Crippen molar-refractivity contribution in [3.8, 4) is 5.75 Å². The standard InChI is InChI=1S/C17H26N4O4/c1-10(21-16(22)25-17(3,4)5)9-23-14-7-6-12(8-13(14)19)15(20)24-11(2)18/h6-8,10,18,20H,9,19H2,1-5H3,(H,21,22)/t10-/m1/s1. The number of amides is 1. The molecular formula is C17H26N4O4. The molecular weight excluding hydrogens is 324 g/mol. The zero-order chi connectivity index (χ0) is 19.2. The van der Waals surface area contributed by atoms with Crippen molar-refractivity contribution in [2.24, 2.45) is 0 Å². The molecule has 25 heavy (non-hydrogen) atoms. The Morgan fingerprint density at radius 2 is 1.96 bits per heavy atom. The number of alkyl carbamates (subject to hydrolysis) is 1. The minimum atomic E-state index is -0.563. The van der Waals surface area contributed by atoms with Crippen LogP contribution in [-0.4, -0.2) is 36.1 Å². The molecule has 0 aliphatic rings. The fraction of sp³-hybridized carbons (Fsp3) is 0.471. The van der Waals surface area contributed by atoms with Crippen molar-refractivity contribution in [2.45, 2.75) is 46.3 Å². The summed E-state index contributed by atoms with van der Waals surface area (Å²) in [7, 11) is 0. The molecule has 0 fully saturated rings. The number of carbonyl (C=O) groups excluding carboxylic acids is 1. The maximum Gasteiger partial charge on any atom is 0.407 e. The van der Waals surface area contributed by atoms with Crippen LogP contribution in [0.3, 0.4) is 0 Å². The van der Waals surface area contributed by atoms with Gasteiger partial charge in [0.05, 0.1) is 11.7 Å². The van der Waals surface area contributed by atoms with E-state index in [2.05, 4.69) is 5.32 Å². The minimum absolute atomic E-state index is 0.0778. The van der Waals surface area contributed by atoms with Crippen LogP contribution in [0.15, 0.2) is 18.2 Å². The number of anilines is 1. The smallest absolute Gasteiger partial charge is 0.407 e. The summed E-state index contributed by atoms with van der Waals surface area (Å²) in [6.07, 6.45) is -0.514. The summed E-state index contributed by atoms with van der Waals surface area (Å²) < 4.78 is 15.7. The fourth-order valence-electron chi connectivity index (χ4n) is 1.80. The normalized spacial score (nSPS) is 12.0. The number of nitrogens with one attached hydrogen (secondary N) is 3. The van der Waals surface area contributed by atoms with Crippen LogP contribution in [0, 0.1) is 10.8 Å². The first kappa shape index (κ1) is 20.3. The van der Waals surface area contributed by atoms with Crippen LogP contribution in [0.5, 0.6) is 5.75 Å². The molecule has 0 radical (unpaired) electrons. The lowest BCUT2D eigenvalue weighted by Gasteiger charge is -2.22. The van der Waals surface area contributed by atoms with Gasteiger partial charge in [0.1, 0.15) is 18.0 Å². The minimum Gasteiger partial charge on any atom is -0.489 e. The molecule has 0 heterocycles. The highest BCUT2D eigenvalue weighted by atomic mass is 16.6. The molecule has 0 unspecified atom stereocenters. The van der Waals surface area contributed by atoms with Gasteiger partial charge in [-0.05, 0) is 45.9 Å². The third kappa shape index (κ3) is 7.56. The van der Waals surface area contributed by atoms with E-state index in [9.17, 15) is 4.79 Å². The number of hydrogen-bond donors (Lipinski definition) is 4. The van der Waals surface area contributed by atoms with Gasteiger partial charge in [-0.3, -0.25) is 10.8 Å². The molecule has 1 atom stereocenters. The number of nitrogens with two attached hydrogens (primary N) is 1. The van der Waals surface area contributed by atoms with Crippen LogP contribution >= 0.6 is 0 Å². The van der Waals surface area contributed by atoms with Gasteiger partial charge in [0.15, 0.2) is 5.90 Å². The molecule has 1 rings (SSSR count). The third-order valence-corrected chi connectivity index (χ3v) is 2.78. The van der Waals surface area contributed by atoms with Gasteiger partial charge in [0.25, 0.3) is 0 Å². The second kappa shape index (κ2) is 8.36. The van der Waals surface area contributed by atoms with Crippen LogP contribution in [0.25, 0.3) is 0 Å². The highest BCUT2D eigenvalue weighted by molar-refractivity contribution is 5.99. The van der Waals surface area contributed by atoms with Crippen molar-refractivity contribution >= 4 is 23.6 Å². The van der Waals surface area contributed by atoms with E-state index >= 15 is 0 Å². The highest BCUT2D eigenvalue weighted by Gasteiger charge is 2.18. The molecule has 0 aromatic heterocycles. The maximum absolute atomic E-state index is 11.7. The Hall–Kier alpha value is -2.77. The molecule has 0 spiro atoms. The molecule has 0 saturated carbocycles. The van der Waals surface area contributed by atoms with Crippen molar-refractivity contribution in [1.29, 1.82) is 10.8 Å². The van der Waals surface area contributed by atoms with Crippen LogP contribution < -0.4 is 15.8 Å². The molecule has 1 aromatic rings. The van der Waals surface area contributed by atoms with E-state index in [1.807, 2.05) is 0 Å². The summed E-state index contributed by atoms with van der Waals surface area (Å²) in [5.41, 5.74) is 6.13. The molecule has 0 saturated heterocycles. The molecule has 8 nitrogen and oxygen atoms in total. The average Bonchev–Trinajstić information content (AvgIpc) is 2.42. The number of rotatable bonds is 5. The van der Waals surface area contributed by atoms with Crippen LogP contribution in [-0.2, 0) is 9.47 Å². The first-order valence-electron chi connectivity index (χ1n) is 7.81. The van der Waals surface area contributed by atoms with Gasteiger partial charge >= 0.3 is 6.09 Å². The number of hydrogen-bond acceptors (Lipinski definition) is 7. The largest absolute Gasteiger partial charge is 0.489 e. The zero-order valence-corrected chi connectivity index (χ0v) is 15.2. The summed E-state index contributed by atoms with van der Waals surface area (Å²) in [6, 6.07) is 4.48. The Balaban J connectivity index is 2.58. The Bertz CT molecular complexity index is 653. The second-order valence-electron chi connectivity index (χ2n) is 6.60. The van der Waals surface area contributed by atoms with Crippen molar-refractivity contribution in [1.82, 2.24) is 5.32 Å². The van der Waals surface area contributed by atoms with Gasteiger partial charge in [-0.15, -0.1) is 0 Å². The number of ether oxygens (including phenoxy) is 3. The third-order valence-electron chi connectivity index (χ3n) is 2.78. The van der Waals surface area contributed by atoms with Gasteiger partial charge in [-0.1, -0.05) is 0 Å².